The third-order valence-electron chi connectivity index (χ3n) is 3.72. The van der Waals surface area contributed by atoms with Gasteiger partial charge < -0.3 is 4.74 Å². The number of hydrogen-bond acceptors (Lipinski definition) is 4. The van der Waals surface area contributed by atoms with Gasteiger partial charge in [0.25, 0.3) is 5.82 Å². The number of carbonyl (C=O) groups excluding carboxylic acids is 1. The van der Waals surface area contributed by atoms with Crippen LogP contribution in [-0.4, -0.2) is 27.3 Å². The van der Waals surface area contributed by atoms with E-state index in [1.54, 1.807) is 11.6 Å². The molecule has 0 amide bonds. The molecule has 0 atom stereocenters. The predicted octanol–water partition coefficient (Wildman–Crippen LogP) is 2.21. The lowest BCUT2D eigenvalue weighted by molar-refractivity contribution is 0.0511. The second kappa shape index (κ2) is 5.08. The van der Waals surface area contributed by atoms with E-state index in [1.165, 1.54) is 19.3 Å². The summed E-state index contributed by atoms with van der Waals surface area (Å²) in [6.07, 6.45) is 5.96. The van der Waals surface area contributed by atoms with E-state index in [-0.39, 0.29) is 11.2 Å². The lowest BCUT2D eigenvalue weighted by Crippen LogP contribution is -2.28. The van der Waals surface area contributed by atoms with E-state index in [0.717, 1.165) is 18.7 Å². The van der Waals surface area contributed by atoms with Gasteiger partial charge in [0.1, 0.15) is 5.82 Å². The smallest absolute Gasteiger partial charge is 0.378 e. The van der Waals surface area contributed by atoms with Crippen molar-refractivity contribution in [3.8, 4) is 0 Å². The molecule has 100 valence electrons. The fourth-order valence-corrected chi connectivity index (χ4v) is 2.75. The zero-order valence-electron chi connectivity index (χ0n) is 11.4. The zero-order valence-corrected chi connectivity index (χ0v) is 11.4. The first-order chi connectivity index (χ1) is 8.57. The molecule has 0 spiro atoms. The van der Waals surface area contributed by atoms with Gasteiger partial charge in [-0.1, -0.05) is 26.2 Å². The summed E-state index contributed by atoms with van der Waals surface area (Å²) in [6.45, 7) is 4.35. The lowest BCUT2D eigenvalue weighted by atomic mass is 9.75. The van der Waals surface area contributed by atoms with Crippen molar-refractivity contribution in [2.45, 2.75) is 51.4 Å². The molecule has 1 fully saturated rings. The summed E-state index contributed by atoms with van der Waals surface area (Å²) in [5.74, 6) is 0.658. The summed E-state index contributed by atoms with van der Waals surface area (Å²) in [5.41, 5.74) is 0.0464. The van der Waals surface area contributed by atoms with E-state index in [4.69, 9.17) is 4.74 Å². The normalized spacial score (nSPS) is 18.6. The van der Waals surface area contributed by atoms with Gasteiger partial charge in [-0.05, 0) is 19.8 Å². The Bertz CT molecular complexity index is 433. The van der Waals surface area contributed by atoms with Crippen molar-refractivity contribution in [2.75, 3.05) is 6.61 Å². The Kier molecular flexibility index (Phi) is 3.68. The molecule has 0 N–H and O–H groups in total. The molecule has 0 bridgehead atoms. The number of esters is 1. The lowest BCUT2D eigenvalue weighted by Gasteiger charge is -2.32. The topological polar surface area (TPSA) is 57.0 Å². The standard InChI is InChI=1S/C13H21N3O2/c1-4-18-11(17)10-14-12(16(3)15-10)13(2)8-6-5-7-9-13/h4-9H2,1-3H3. The summed E-state index contributed by atoms with van der Waals surface area (Å²) in [5, 5.41) is 4.18. The molecule has 5 heteroatoms. The average molecular weight is 251 g/mol. The van der Waals surface area contributed by atoms with E-state index in [2.05, 4.69) is 17.0 Å². The number of rotatable bonds is 3. The number of aromatic nitrogens is 3. The molecule has 0 unspecified atom stereocenters. The van der Waals surface area contributed by atoms with Gasteiger partial charge in [-0.3, -0.25) is 4.68 Å². The molecule has 0 saturated heterocycles. The highest BCUT2D eigenvalue weighted by Crippen LogP contribution is 2.37. The number of nitrogens with zero attached hydrogens (tertiary/aromatic N) is 3. The van der Waals surface area contributed by atoms with Crippen molar-refractivity contribution in [3.05, 3.63) is 11.6 Å². The van der Waals surface area contributed by atoms with Gasteiger partial charge in [0.05, 0.1) is 6.61 Å². The van der Waals surface area contributed by atoms with Crippen LogP contribution in [0.1, 0.15) is 62.4 Å². The Morgan fingerprint density at radius 3 is 2.67 bits per heavy atom. The van der Waals surface area contributed by atoms with Crippen LogP contribution in [0, 0.1) is 0 Å². The van der Waals surface area contributed by atoms with E-state index >= 15 is 0 Å². The van der Waals surface area contributed by atoms with Crippen molar-refractivity contribution in [1.82, 2.24) is 14.8 Å². The van der Waals surface area contributed by atoms with Gasteiger partial charge in [-0.25, -0.2) is 9.78 Å². The predicted molar refractivity (Wildman–Crippen MR) is 67.4 cm³/mol. The van der Waals surface area contributed by atoms with Crippen LogP contribution in [0.5, 0.6) is 0 Å². The van der Waals surface area contributed by atoms with Gasteiger partial charge in [0.2, 0.25) is 0 Å². The molecule has 0 aliphatic heterocycles. The summed E-state index contributed by atoms with van der Waals surface area (Å²) < 4.78 is 6.67. The van der Waals surface area contributed by atoms with Crippen molar-refractivity contribution in [2.24, 2.45) is 7.05 Å². The second-order valence-electron chi connectivity index (χ2n) is 5.22. The minimum absolute atomic E-state index is 0.0464. The van der Waals surface area contributed by atoms with Crippen molar-refractivity contribution in [1.29, 1.82) is 0 Å². The first-order valence-corrected chi connectivity index (χ1v) is 6.65. The third kappa shape index (κ3) is 2.40. The fraction of sp³-hybridized carbons (Fsp3) is 0.769. The van der Waals surface area contributed by atoms with E-state index in [9.17, 15) is 4.79 Å². The summed E-state index contributed by atoms with van der Waals surface area (Å²) in [4.78, 5) is 16.0. The maximum atomic E-state index is 11.6. The molecule has 1 aromatic rings. The van der Waals surface area contributed by atoms with Crippen molar-refractivity contribution < 1.29 is 9.53 Å². The van der Waals surface area contributed by atoms with Crippen LogP contribution in [-0.2, 0) is 17.2 Å². The molecule has 1 saturated carbocycles. The molecule has 2 rings (SSSR count). The number of aryl methyl sites for hydroxylation is 1. The third-order valence-corrected chi connectivity index (χ3v) is 3.72. The second-order valence-corrected chi connectivity index (χ2v) is 5.22. The maximum Gasteiger partial charge on any atom is 0.378 e. The Hall–Kier alpha value is -1.39. The van der Waals surface area contributed by atoms with E-state index in [1.807, 2.05) is 7.05 Å². The van der Waals surface area contributed by atoms with Crippen molar-refractivity contribution in [3.63, 3.8) is 0 Å². The van der Waals surface area contributed by atoms with Crippen LogP contribution in [0.15, 0.2) is 0 Å². The quantitative estimate of drug-likeness (QED) is 0.773. The Labute approximate surface area is 108 Å². The van der Waals surface area contributed by atoms with Crippen LogP contribution < -0.4 is 0 Å². The van der Waals surface area contributed by atoms with Crippen LogP contribution in [0.4, 0.5) is 0 Å². The maximum absolute atomic E-state index is 11.6. The molecule has 1 aliphatic carbocycles. The first-order valence-electron chi connectivity index (χ1n) is 6.65. The SMILES string of the molecule is CCOC(=O)c1nc(C2(C)CCCCC2)n(C)n1. The molecule has 0 aromatic carbocycles. The molecular formula is C13H21N3O2. The number of carbonyl (C=O) groups is 1. The number of ether oxygens (including phenoxy) is 1. The Balaban J connectivity index is 2.25. The minimum atomic E-state index is -0.432. The average Bonchev–Trinajstić information content (AvgIpc) is 2.73. The molecular weight excluding hydrogens is 230 g/mol. The van der Waals surface area contributed by atoms with Crippen molar-refractivity contribution >= 4 is 5.97 Å². The van der Waals surface area contributed by atoms with Crippen LogP contribution in [0.3, 0.4) is 0 Å². The Morgan fingerprint density at radius 2 is 2.06 bits per heavy atom. The van der Waals surface area contributed by atoms with Gasteiger partial charge in [-0.2, -0.15) is 0 Å². The van der Waals surface area contributed by atoms with Gasteiger partial charge in [-0.15, -0.1) is 5.10 Å². The highest BCUT2D eigenvalue weighted by atomic mass is 16.5. The zero-order chi connectivity index (χ0) is 13.2. The highest BCUT2D eigenvalue weighted by Gasteiger charge is 2.34. The number of hydrogen-bond donors (Lipinski definition) is 0. The highest BCUT2D eigenvalue weighted by molar-refractivity contribution is 5.85. The monoisotopic (exact) mass is 251 g/mol. The van der Waals surface area contributed by atoms with Gasteiger partial charge in [0.15, 0.2) is 0 Å². The van der Waals surface area contributed by atoms with E-state index in [0.29, 0.717) is 6.61 Å². The molecule has 18 heavy (non-hydrogen) atoms. The van der Waals surface area contributed by atoms with E-state index < -0.39 is 5.97 Å². The largest absolute Gasteiger partial charge is 0.460 e. The first kappa shape index (κ1) is 13.1. The summed E-state index contributed by atoms with van der Waals surface area (Å²) in [6, 6.07) is 0. The molecule has 5 nitrogen and oxygen atoms in total. The molecule has 1 aliphatic rings. The fourth-order valence-electron chi connectivity index (χ4n) is 2.75. The summed E-state index contributed by atoms with van der Waals surface area (Å²) >= 11 is 0. The molecule has 1 aromatic heterocycles. The van der Waals surface area contributed by atoms with Crippen LogP contribution >= 0.6 is 0 Å². The summed E-state index contributed by atoms with van der Waals surface area (Å²) in [7, 11) is 1.85. The Morgan fingerprint density at radius 1 is 1.39 bits per heavy atom. The van der Waals surface area contributed by atoms with Gasteiger partial charge in [0, 0.05) is 12.5 Å². The van der Waals surface area contributed by atoms with Crippen LogP contribution in [0.2, 0.25) is 0 Å². The minimum Gasteiger partial charge on any atom is -0.460 e. The van der Waals surface area contributed by atoms with Gasteiger partial charge >= 0.3 is 5.97 Å². The molecule has 0 radical (unpaired) electrons. The van der Waals surface area contributed by atoms with Crippen LogP contribution in [0.25, 0.3) is 0 Å². The molecule has 1 heterocycles.